The number of hydrogen-bond acceptors (Lipinski definition) is 3. The number of nitrogens with one attached hydrogen (secondary N) is 1. The third kappa shape index (κ3) is 4.93. The Kier molecular flexibility index (Phi) is 6.56. The van der Waals surface area contributed by atoms with Gasteiger partial charge in [0, 0.05) is 19.7 Å². The molecule has 1 N–H and O–H groups in total. The van der Waals surface area contributed by atoms with Crippen molar-refractivity contribution in [2.45, 2.75) is 31.2 Å². The van der Waals surface area contributed by atoms with Crippen molar-refractivity contribution in [2.75, 3.05) is 14.1 Å². The van der Waals surface area contributed by atoms with E-state index in [-0.39, 0.29) is 16.8 Å². The van der Waals surface area contributed by atoms with Gasteiger partial charge in [0.15, 0.2) is 0 Å². The third-order valence-corrected chi connectivity index (χ3v) is 5.90. The van der Waals surface area contributed by atoms with Crippen LogP contribution in [-0.4, -0.2) is 32.7 Å². The number of rotatable bonds is 7. The largest absolute Gasteiger partial charge is 0.345 e. The van der Waals surface area contributed by atoms with E-state index in [2.05, 4.69) is 19.2 Å². The molecule has 0 aliphatic carbocycles. The Hall–Kier alpha value is -2.18. The Balaban J connectivity index is 2.27. The van der Waals surface area contributed by atoms with Gasteiger partial charge in [-0.2, -0.15) is 0 Å². The first-order valence-corrected chi connectivity index (χ1v) is 10.0. The van der Waals surface area contributed by atoms with Crippen LogP contribution in [0.1, 0.15) is 42.2 Å². The second-order valence-corrected chi connectivity index (χ2v) is 9.03. The minimum atomic E-state index is -3.58. The van der Waals surface area contributed by atoms with Crippen LogP contribution < -0.4 is 5.32 Å². The monoisotopic (exact) mass is 374 g/mol. The van der Waals surface area contributed by atoms with Gasteiger partial charge < -0.3 is 5.32 Å². The molecule has 0 bridgehead atoms. The van der Waals surface area contributed by atoms with Gasteiger partial charge in [-0.25, -0.2) is 12.7 Å². The molecule has 0 radical (unpaired) electrons. The molecule has 6 heteroatoms. The summed E-state index contributed by atoms with van der Waals surface area (Å²) in [6, 6.07) is 15.8. The maximum atomic E-state index is 12.7. The van der Waals surface area contributed by atoms with E-state index in [1.807, 2.05) is 30.3 Å². The van der Waals surface area contributed by atoms with Crippen LogP contribution in [0.25, 0.3) is 0 Å². The highest BCUT2D eigenvalue weighted by Crippen LogP contribution is 2.22. The van der Waals surface area contributed by atoms with Gasteiger partial charge >= 0.3 is 0 Å². The number of benzene rings is 2. The van der Waals surface area contributed by atoms with Crippen LogP contribution in [0, 0.1) is 5.92 Å². The van der Waals surface area contributed by atoms with E-state index in [4.69, 9.17) is 0 Å². The average Bonchev–Trinajstić information content (AvgIpc) is 2.61. The molecule has 2 aromatic carbocycles. The SMILES string of the molecule is CC(C)C[C@@H](NC(=O)c1cccc(S(=O)(=O)N(C)C)c1)c1ccccc1. The van der Waals surface area contributed by atoms with Crippen molar-refractivity contribution in [3.05, 3.63) is 65.7 Å². The maximum Gasteiger partial charge on any atom is 0.251 e. The van der Waals surface area contributed by atoms with Crippen LogP contribution >= 0.6 is 0 Å². The lowest BCUT2D eigenvalue weighted by Gasteiger charge is -2.21. The molecule has 2 rings (SSSR count). The fourth-order valence-corrected chi connectivity index (χ4v) is 3.63. The molecular weight excluding hydrogens is 348 g/mol. The van der Waals surface area contributed by atoms with Gasteiger partial charge in [0.2, 0.25) is 10.0 Å². The van der Waals surface area contributed by atoms with Crippen molar-refractivity contribution in [1.82, 2.24) is 9.62 Å². The van der Waals surface area contributed by atoms with E-state index in [1.165, 1.54) is 26.2 Å². The quantitative estimate of drug-likeness (QED) is 0.807. The van der Waals surface area contributed by atoms with Crippen LogP contribution in [0.15, 0.2) is 59.5 Å². The highest BCUT2D eigenvalue weighted by atomic mass is 32.2. The smallest absolute Gasteiger partial charge is 0.251 e. The molecule has 0 aromatic heterocycles. The molecule has 140 valence electrons. The third-order valence-electron chi connectivity index (χ3n) is 4.09. The van der Waals surface area contributed by atoms with Crippen LogP contribution in [0.3, 0.4) is 0 Å². The van der Waals surface area contributed by atoms with Crippen molar-refractivity contribution in [3.8, 4) is 0 Å². The lowest BCUT2D eigenvalue weighted by Crippen LogP contribution is -2.30. The first-order chi connectivity index (χ1) is 12.2. The molecule has 0 aliphatic rings. The van der Waals surface area contributed by atoms with Crippen molar-refractivity contribution < 1.29 is 13.2 Å². The second kappa shape index (κ2) is 8.47. The summed E-state index contributed by atoms with van der Waals surface area (Å²) in [6.07, 6.45) is 0.797. The molecule has 1 amide bonds. The van der Waals surface area contributed by atoms with E-state index >= 15 is 0 Å². The predicted octanol–water partition coefficient (Wildman–Crippen LogP) is 3.45. The second-order valence-electron chi connectivity index (χ2n) is 6.88. The molecule has 0 fully saturated rings. The minimum Gasteiger partial charge on any atom is -0.345 e. The lowest BCUT2D eigenvalue weighted by atomic mass is 9.96. The van der Waals surface area contributed by atoms with E-state index in [9.17, 15) is 13.2 Å². The van der Waals surface area contributed by atoms with Gasteiger partial charge in [-0.05, 0) is 36.1 Å². The number of amides is 1. The number of carbonyl (C=O) groups is 1. The Morgan fingerprint density at radius 2 is 1.69 bits per heavy atom. The molecule has 0 heterocycles. The summed E-state index contributed by atoms with van der Waals surface area (Å²) in [4.78, 5) is 12.8. The zero-order chi connectivity index (χ0) is 19.3. The molecule has 5 nitrogen and oxygen atoms in total. The summed E-state index contributed by atoms with van der Waals surface area (Å²) in [5, 5.41) is 3.04. The van der Waals surface area contributed by atoms with Crippen LogP contribution in [0.4, 0.5) is 0 Å². The fourth-order valence-electron chi connectivity index (χ4n) is 2.69. The summed E-state index contributed by atoms with van der Waals surface area (Å²) in [7, 11) is -0.642. The molecule has 0 spiro atoms. The first kappa shape index (κ1) is 20.1. The van der Waals surface area contributed by atoms with Crippen molar-refractivity contribution in [3.63, 3.8) is 0 Å². The van der Waals surface area contributed by atoms with Crippen LogP contribution in [0.5, 0.6) is 0 Å². The van der Waals surface area contributed by atoms with Gasteiger partial charge in [-0.3, -0.25) is 4.79 Å². The zero-order valence-electron chi connectivity index (χ0n) is 15.6. The highest BCUT2D eigenvalue weighted by Gasteiger charge is 2.21. The van der Waals surface area contributed by atoms with E-state index in [0.717, 1.165) is 16.3 Å². The normalized spacial score (nSPS) is 13.0. The molecule has 0 unspecified atom stereocenters. The Morgan fingerprint density at radius 3 is 2.27 bits per heavy atom. The maximum absolute atomic E-state index is 12.7. The summed E-state index contributed by atoms with van der Waals surface area (Å²) in [6.45, 7) is 4.21. The first-order valence-electron chi connectivity index (χ1n) is 8.60. The standard InChI is InChI=1S/C20H26N2O3S/c1-15(2)13-19(16-9-6-5-7-10-16)21-20(23)17-11-8-12-18(14-17)26(24,25)22(3)4/h5-12,14-15,19H,13H2,1-4H3,(H,21,23)/t19-/m1/s1. The molecular formula is C20H26N2O3S. The summed E-state index contributed by atoms with van der Waals surface area (Å²) >= 11 is 0. The van der Waals surface area contributed by atoms with Crippen LogP contribution in [0.2, 0.25) is 0 Å². The molecule has 1 atom stereocenters. The summed E-state index contributed by atoms with van der Waals surface area (Å²) < 4.78 is 25.7. The molecule has 0 saturated heterocycles. The molecule has 26 heavy (non-hydrogen) atoms. The predicted molar refractivity (Wildman–Crippen MR) is 103 cm³/mol. The zero-order valence-corrected chi connectivity index (χ0v) is 16.5. The Morgan fingerprint density at radius 1 is 1.04 bits per heavy atom. The number of carbonyl (C=O) groups excluding carboxylic acids is 1. The highest BCUT2D eigenvalue weighted by molar-refractivity contribution is 7.89. The van der Waals surface area contributed by atoms with Crippen molar-refractivity contribution in [2.24, 2.45) is 5.92 Å². The number of hydrogen-bond donors (Lipinski definition) is 1. The molecule has 2 aromatic rings. The van der Waals surface area contributed by atoms with E-state index < -0.39 is 10.0 Å². The lowest BCUT2D eigenvalue weighted by molar-refractivity contribution is 0.0931. The van der Waals surface area contributed by atoms with Gasteiger partial charge in [0.1, 0.15) is 0 Å². The van der Waals surface area contributed by atoms with Gasteiger partial charge in [0.05, 0.1) is 10.9 Å². The van der Waals surface area contributed by atoms with Crippen LogP contribution in [-0.2, 0) is 10.0 Å². The topological polar surface area (TPSA) is 66.5 Å². The van der Waals surface area contributed by atoms with Gasteiger partial charge in [-0.1, -0.05) is 50.2 Å². The summed E-state index contributed by atoms with van der Waals surface area (Å²) in [5.41, 5.74) is 1.37. The molecule has 0 saturated carbocycles. The number of sulfonamides is 1. The van der Waals surface area contributed by atoms with E-state index in [1.54, 1.807) is 12.1 Å². The molecule has 0 aliphatic heterocycles. The Labute approximate surface area is 156 Å². The number of nitrogens with zero attached hydrogens (tertiary/aromatic N) is 1. The Bertz CT molecular complexity index is 846. The van der Waals surface area contributed by atoms with E-state index in [0.29, 0.717) is 11.5 Å². The van der Waals surface area contributed by atoms with Gasteiger partial charge in [-0.15, -0.1) is 0 Å². The fraction of sp³-hybridized carbons (Fsp3) is 0.350. The average molecular weight is 375 g/mol. The summed E-state index contributed by atoms with van der Waals surface area (Å²) in [5.74, 6) is 0.122. The van der Waals surface area contributed by atoms with Gasteiger partial charge in [0.25, 0.3) is 5.91 Å². The van der Waals surface area contributed by atoms with Crippen molar-refractivity contribution >= 4 is 15.9 Å². The minimum absolute atomic E-state index is 0.107. The van der Waals surface area contributed by atoms with Crippen molar-refractivity contribution in [1.29, 1.82) is 0 Å².